The number of aryl methyl sites for hydroxylation is 1. The van der Waals surface area contributed by atoms with Crippen LogP contribution in [0.1, 0.15) is 22.8 Å². The lowest BCUT2D eigenvalue weighted by Gasteiger charge is -2.10. The summed E-state index contributed by atoms with van der Waals surface area (Å²) in [6.07, 6.45) is 0. The molecule has 0 radical (unpaired) electrons. The van der Waals surface area contributed by atoms with Gasteiger partial charge in [0.1, 0.15) is 0 Å². The van der Waals surface area contributed by atoms with Gasteiger partial charge in [-0.2, -0.15) is 0 Å². The Morgan fingerprint density at radius 1 is 1.07 bits per heavy atom. The molecule has 2 aromatic carbocycles. The van der Waals surface area contributed by atoms with Crippen molar-refractivity contribution in [2.45, 2.75) is 18.7 Å². The Balaban J connectivity index is 2.09. The highest BCUT2D eigenvalue weighted by Crippen LogP contribution is 2.24. The van der Waals surface area contributed by atoms with E-state index >= 15 is 0 Å². The highest BCUT2D eigenvalue weighted by Gasteiger charge is 2.20. The third-order valence-corrected chi connectivity index (χ3v) is 7.31. The number of rotatable bonds is 9. The number of carbonyl (C=O) groups excluding carboxylic acids is 1. The summed E-state index contributed by atoms with van der Waals surface area (Å²) in [6, 6.07) is 9.05. The molecule has 0 aromatic heterocycles. The Kier molecular flexibility index (Phi) is 7.16. The zero-order chi connectivity index (χ0) is 22.5. The monoisotopic (exact) mass is 455 g/mol. The molecule has 0 aliphatic heterocycles. The largest absolute Gasteiger partial charge is 0.351 e. The van der Waals surface area contributed by atoms with E-state index in [-0.39, 0.29) is 39.9 Å². The fraction of sp³-hybridized carbons (Fsp3) is 0.278. The van der Waals surface area contributed by atoms with Crippen LogP contribution in [0.4, 0.5) is 11.4 Å². The van der Waals surface area contributed by atoms with Crippen LogP contribution in [0.5, 0.6) is 0 Å². The highest BCUT2D eigenvalue weighted by atomic mass is 32.2. The minimum atomic E-state index is -4.07. The summed E-state index contributed by atoms with van der Waals surface area (Å²) < 4.78 is 50.2. The van der Waals surface area contributed by atoms with Crippen LogP contribution >= 0.6 is 0 Å². The van der Waals surface area contributed by atoms with Crippen molar-refractivity contribution in [1.82, 2.24) is 5.32 Å². The number of hydrogen-bond donors (Lipinski definition) is 2. The number of nitrogens with zero attached hydrogens (tertiary/aromatic N) is 1. The Morgan fingerprint density at radius 3 is 2.27 bits per heavy atom. The third-order valence-electron chi connectivity index (χ3n) is 4.23. The van der Waals surface area contributed by atoms with Crippen molar-refractivity contribution >= 4 is 37.1 Å². The van der Waals surface area contributed by atoms with Crippen molar-refractivity contribution in [2.75, 3.05) is 22.8 Å². The molecule has 2 aromatic rings. The molecule has 0 heterocycles. The van der Waals surface area contributed by atoms with Gasteiger partial charge >= 0.3 is 0 Å². The lowest BCUT2D eigenvalue weighted by atomic mass is 10.2. The molecule has 162 valence electrons. The molecule has 0 bridgehead atoms. The van der Waals surface area contributed by atoms with Crippen LogP contribution in [-0.4, -0.2) is 45.7 Å². The molecular formula is C18H21N3O7S2. The molecule has 0 aliphatic carbocycles. The second-order valence-electron chi connectivity index (χ2n) is 6.38. The highest BCUT2D eigenvalue weighted by molar-refractivity contribution is 7.92. The van der Waals surface area contributed by atoms with Gasteiger partial charge in [-0.15, -0.1) is 0 Å². The predicted molar refractivity (Wildman–Crippen MR) is 112 cm³/mol. The quantitative estimate of drug-likeness (QED) is 0.432. The van der Waals surface area contributed by atoms with Crippen LogP contribution in [-0.2, 0) is 19.9 Å². The fourth-order valence-corrected chi connectivity index (χ4v) is 4.20. The van der Waals surface area contributed by atoms with Gasteiger partial charge in [-0.1, -0.05) is 13.0 Å². The number of anilines is 1. The summed E-state index contributed by atoms with van der Waals surface area (Å²) in [7, 11) is -7.27. The molecule has 0 saturated carbocycles. The molecule has 0 fully saturated rings. The lowest BCUT2D eigenvalue weighted by Crippen LogP contribution is -2.29. The van der Waals surface area contributed by atoms with Gasteiger partial charge in [-0.25, -0.2) is 16.8 Å². The summed E-state index contributed by atoms with van der Waals surface area (Å²) in [5.41, 5.74) is 0.400. The van der Waals surface area contributed by atoms with E-state index in [1.54, 1.807) is 0 Å². The van der Waals surface area contributed by atoms with Crippen molar-refractivity contribution < 1.29 is 26.6 Å². The van der Waals surface area contributed by atoms with Gasteiger partial charge in [-0.3, -0.25) is 19.6 Å². The van der Waals surface area contributed by atoms with Gasteiger partial charge in [0.15, 0.2) is 9.84 Å². The molecule has 0 unspecified atom stereocenters. The summed E-state index contributed by atoms with van der Waals surface area (Å²) in [5, 5.41) is 13.5. The normalized spacial score (nSPS) is 11.7. The van der Waals surface area contributed by atoms with E-state index in [2.05, 4.69) is 10.0 Å². The number of carbonyl (C=O) groups is 1. The standard InChI is InChI=1S/C18H21N3O7S2/c1-3-29(25,26)11-10-19-18(22)14-5-7-15(8-6-14)20-30(27,28)16-9-4-13(2)17(12-16)21(23)24/h4-9,12,20H,3,10-11H2,1-2H3,(H,19,22). The van der Waals surface area contributed by atoms with E-state index in [0.717, 1.165) is 6.07 Å². The number of sulfone groups is 1. The van der Waals surface area contributed by atoms with Gasteiger partial charge in [0.05, 0.1) is 15.6 Å². The third kappa shape index (κ3) is 6.00. The van der Waals surface area contributed by atoms with E-state index in [1.165, 1.54) is 50.2 Å². The zero-order valence-corrected chi connectivity index (χ0v) is 17.9. The van der Waals surface area contributed by atoms with Gasteiger partial charge < -0.3 is 5.32 Å². The molecule has 0 aliphatic rings. The van der Waals surface area contributed by atoms with E-state index in [1.807, 2.05) is 0 Å². The summed E-state index contributed by atoms with van der Waals surface area (Å²) in [4.78, 5) is 22.2. The Bertz CT molecular complexity index is 1160. The summed E-state index contributed by atoms with van der Waals surface area (Å²) >= 11 is 0. The van der Waals surface area contributed by atoms with Gasteiger partial charge in [0, 0.05) is 35.2 Å². The topological polar surface area (TPSA) is 153 Å². The van der Waals surface area contributed by atoms with Gasteiger partial charge in [0.2, 0.25) is 0 Å². The molecular weight excluding hydrogens is 434 g/mol. The van der Waals surface area contributed by atoms with Crippen LogP contribution in [0.25, 0.3) is 0 Å². The first-order valence-corrected chi connectivity index (χ1v) is 12.1. The maximum Gasteiger partial charge on any atom is 0.273 e. The summed E-state index contributed by atoms with van der Waals surface area (Å²) in [6.45, 7) is 2.99. The minimum absolute atomic E-state index is 0.0121. The SMILES string of the molecule is CCS(=O)(=O)CCNC(=O)c1ccc(NS(=O)(=O)c2ccc(C)c([N+](=O)[O-])c2)cc1. The van der Waals surface area contributed by atoms with Crippen molar-refractivity contribution in [3.8, 4) is 0 Å². The van der Waals surface area contributed by atoms with Crippen molar-refractivity contribution in [1.29, 1.82) is 0 Å². The molecule has 2 rings (SSSR count). The number of hydrogen-bond acceptors (Lipinski definition) is 7. The number of sulfonamides is 1. The first-order chi connectivity index (χ1) is 13.9. The van der Waals surface area contributed by atoms with Crippen molar-refractivity contribution in [3.63, 3.8) is 0 Å². The molecule has 12 heteroatoms. The number of amides is 1. The second-order valence-corrected chi connectivity index (χ2v) is 10.5. The van der Waals surface area contributed by atoms with Crippen molar-refractivity contribution in [3.05, 3.63) is 63.7 Å². The number of nitro groups is 1. The van der Waals surface area contributed by atoms with Crippen LogP contribution in [0.2, 0.25) is 0 Å². The predicted octanol–water partition coefficient (Wildman–Crippen LogP) is 1.87. The fourth-order valence-electron chi connectivity index (χ4n) is 2.42. The number of nitro benzene ring substituents is 1. The van der Waals surface area contributed by atoms with E-state index in [4.69, 9.17) is 0 Å². The first kappa shape index (κ1) is 23.3. The van der Waals surface area contributed by atoms with Crippen LogP contribution < -0.4 is 10.0 Å². The van der Waals surface area contributed by atoms with Gasteiger partial charge in [-0.05, 0) is 37.3 Å². The van der Waals surface area contributed by atoms with Crippen molar-refractivity contribution in [2.24, 2.45) is 0 Å². The smallest absolute Gasteiger partial charge is 0.273 e. The number of benzene rings is 2. The molecule has 0 spiro atoms. The summed E-state index contributed by atoms with van der Waals surface area (Å²) in [5.74, 6) is -0.678. The van der Waals surface area contributed by atoms with E-state index < -0.39 is 30.7 Å². The molecule has 10 nitrogen and oxygen atoms in total. The maximum atomic E-state index is 12.5. The Labute approximate surface area is 174 Å². The second kappa shape index (κ2) is 9.22. The number of nitrogens with one attached hydrogen (secondary N) is 2. The zero-order valence-electron chi connectivity index (χ0n) is 16.3. The molecule has 0 atom stereocenters. The Hall–Kier alpha value is -2.99. The minimum Gasteiger partial charge on any atom is -0.351 e. The molecule has 1 amide bonds. The maximum absolute atomic E-state index is 12.5. The van der Waals surface area contributed by atoms with Crippen LogP contribution in [0.15, 0.2) is 47.4 Å². The Morgan fingerprint density at radius 2 is 1.70 bits per heavy atom. The average molecular weight is 456 g/mol. The van der Waals surface area contributed by atoms with E-state index in [0.29, 0.717) is 5.56 Å². The van der Waals surface area contributed by atoms with Crippen LogP contribution in [0.3, 0.4) is 0 Å². The van der Waals surface area contributed by atoms with Gasteiger partial charge in [0.25, 0.3) is 21.6 Å². The average Bonchev–Trinajstić information content (AvgIpc) is 2.68. The lowest BCUT2D eigenvalue weighted by molar-refractivity contribution is -0.385. The van der Waals surface area contributed by atoms with Crippen LogP contribution in [0, 0.1) is 17.0 Å². The van der Waals surface area contributed by atoms with E-state index in [9.17, 15) is 31.7 Å². The molecule has 2 N–H and O–H groups in total. The molecule has 30 heavy (non-hydrogen) atoms. The first-order valence-electron chi connectivity index (χ1n) is 8.82. The molecule has 0 saturated heterocycles.